The van der Waals surface area contributed by atoms with Gasteiger partial charge >= 0.3 is 0 Å². The summed E-state index contributed by atoms with van der Waals surface area (Å²) in [6.07, 6.45) is 0. The minimum Gasteiger partial charge on any atom is -0.399 e. The Morgan fingerprint density at radius 3 is 1.61 bits per heavy atom. The molecular weight excluding hydrogens is 230 g/mol. The number of nitrogen functional groups attached to an aromatic ring is 2. The zero-order valence-corrected chi connectivity index (χ0v) is 10.0. The maximum absolute atomic E-state index is 10.1. The molecule has 5 heteroatoms. The van der Waals surface area contributed by atoms with E-state index in [0.29, 0.717) is 5.69 Å². The predicted octanol–water partition coefficient (Wildman–Crippen LogP) is 2.75. The highest BCUT2D eigenvalue weighted by molar-refractivity contribution is 5.44. The zero-order chi connectivity index (χ0) is 13.5. The topological polar surface area (TPSA) is 95.2 Å². The summed E-state index contributed by atoms with van der Waals surface area (Å²) in [6.45, 7) is 2.04. The lowest BCUT2D eigenvalue weighted by molar-refractivity contribution is -0.384. The first-order chi connectivity index (χ1) is 8.49. The van der Waals surface area contributed by atoms with Crippen LogP contribution in [0.3, 0.4) is 0 Å². The molecule has 4 N–H and O–H groups in total. The summed E-state index contributed by atoms with van der Waals surface area (Å²) in [4.78, 5) is 9.62. The maximum Gasteiger partial charge on any atom is 0.269 e. The molecule has 0 aliphatic rings. The molecule has 5 nitrogen and oxygen atoms in total. The highest BCUT2D eigenvalue weighted by Gasteiger charge is 2.00. The summed E-state index contributed by atoms with van der Waals surface area (Å²) in [6, 6.07) is 13.5. The summed E-state index contributed by atoms with van der Waals surface area (Å²) in [7, 11) is 0. The minimum atomic E-state index is -0.459. The fraction of sp³-hybridized carbons (Fsp3) is 0.0769. The highest BCUT2D eigenvalue weighted by atomic mass is 16.6. The molecule has 0 fully saturated rings. The largest absolute Gasteiger partial charge is 0.399 e. The predicted molar refractivity (Wildman–Crippen MR) is 73.1 cm³/mol. The Labute approximate surface area is 105 Å². The number of nitro benzene ring substituents is 1. The van der Waals surface area contributed by atoms with Crippen molar-refractivity contribution in [3.8, 4) is 0 Å². The van der Waals surface area contributed by atoms with E-state index in [-0.39, 0.29) is 5.69 Å². The van der Waals surface area contributed by atoms with Gasteiger partial charge in [0.05, 0.1) is 4.92 Å². The zero-order valence-electron chi connectivity index (χ0n) is 10.0. The number of nitrogens with two attached hydrogens (primary N) is 2. The van der Waals surface area contributed by atoms with Crippen molar-refractivity contribution in [3.63, 3.8) is 0 Å². The first-order valence-corrected chi connectivity index (χ1v) is 5.31. The smallest absolute Gasteiger partial charge is 0.269 e. The van der Waals surface area contributed by atoms with Crippen LogP contribution in [0.4, 0.5) is 17.1 Å². The molecule has 0 bridgehead atoms. The monoisotopic (exact) mass is 245 g/mol. The van der Waals surface area contributed by atoms with Gasteiger partial charge in [0, 0.05) is 23.5 Å². The second-order valence-electron chi connectivity index (χ2n) is 3.76. The number of benzene rings is 2. The van der Waals surface area contributed by atoms with Crippen LogP contribution in [0.5, 0.6) is 0 Å². The molecule has 2 rings (SSSR count). The average Bonchev–Trinajstić information content (AvgIpc) is 2.34. The van der Waals surface area contributed by atoms with Crippen molar-refractivity contribution in [1.82, 2.24) is 0 Å². The molecule has 0 radical (unpaired) electrons. The van der Waals surface area contributed by atoms with Crippen LogP contribution in [0.2, 0.25) is 0 Å². The summed E-state index contributed by atoms with van der Waals surface area (Å²) in [5.74, 6) is 0. The molecule has 0 heterocycles. The summed E-state index contributed by atoms with van der Waals surface area (Å²) < 4.78 is 0. The number of non-ortho nitro benzene ring substituents is 1. The fourth-order valence-electron chi connectivity index (χ4n) is 1.16. The van der Waals surface area contributed by atoms with E-state index in [0.717, 1.165) is 5.69 Å². The van der Waals surface area contributed by atoms with Gasteiger partial charge in [-0.05, 0) is 31.2 Å². The van der Waals surface area contributed by atoms with Crippen molar-refractivity contribution in [2.45, 2.75) is 6.92 Å². The van der Waals surface area contributed by atoms with Crippen LogP contribution in [0, 0.1) is 17.0 Å². The Morgan fingerprint density at radius 2 is 1.28 bits per heavy atom. The van der Waals surface area contributed by atoms with Crippen molar-refractivity contribution < 1.29 is 4.92 Å². The number of rotatable bonds is 1. The van der Waals surface area contributed by atoms with Gasteiger partial charge in [-0.2, -0.15) is 0 Å². The third kappa shape index (κ3) is 4.52. The molecule has 0 aromatic heterocycles. The Kier molecular flexibility index (Phi) is 4.68. The van der Waals surface area contributed by atoms with E-state index >= 15 is 0 Å². The number of hydrogen-bond donors (Lipinski definition) is 2. The third-order valence-electron chi connectivity index (χ3n) is 2.18. The van der Waals surface area contributed by atoms with E-state index in [1.165, 1.54) is 29.8 Å². The van der Waals surface area contributed by atoms with Crippen LogP contribution in [0.15, 0.2) is 48.5 Å². The van der Waals surface area contributed by atoms with Crippen molar-refractivity contribution in [2.75, 3.05) is 11.5 Å². The van der Waals surface area contributed by atoms with Gasteiger partial charge in [-0.25, -0.2) is 0 Å². The SMILES string of the molecule is Cc1ccc(N)cc1.Nc1ccc([N+](=O)[O-])cc1. The second-order valence-corrected chi connectivity index (χ2v) is 3.76. The average molecular weight is 245 g/mol. The first-order valence-electron chi connectivity index (χ1n) is 5.31. The molecular formula is C13H15N3O2. The van der Waals surface area contributed by atoms with Crippen LogP contribution in [-0.4, -0.2) is 4.92 Å². The van der Waals surface area contributed by atoms with E-state index in [1.54, 1.807) is 0 Å². The molecule has 0 aliphatic carbocycles. The van der Waals surface area contributed by atoms with E-state index in [2.05, 4.69) is 0 Å². The van der Waals surface area contributed by atoms with Crippen LogP contribution < -0.4 is 11.5 Å². The van der Waals surface area contributed by atoms with Crippen molar-refractivity contribution in [3.05, 3.63) is 64.2 Å². The number of hydrogen-bond acceptors (Lipinski definition) is 4. The van der Waals surface area contributed by atoms with Crippen molar-refractivity contribution in [2.24, 2.45) is 0 Å². The fourth-order valence-corrected chi connectivity index (χ4v) is 1.16. The minimum absolute atomic E-state index is 0.0641. The van der Waals surface area contributed by atoms with Gasteiger partial charge in [-0.1, -0.05) is 17.7 Å². The van der Waals surface area contributed by atoms with E-state index in [4.69, 9.17) is 11.5 Å². The van der Waals surface area contributed by atoms with Crippen LogP contribution in [0.1, 0.15) is 5.56 Å². The Bertz CT molecular complexity index is 486. The van der Waals surface area contributed by atoms with E-state index < -0.39 is 4.92 Å². The Morgan fingerprint density at radius 1 is 0.889 bits per heavy atom. The first kappa shape index (κ1) is 13.5. The van der Waals surface area contributed by atoms with Gasteiger partial charge in [0.1, 0.15) is 0 Å². The van der Waals surface area contributed by atoms with Crippen LogP contribution in [-0.2, 0) is 0 Å². The van der Waals surface area contributed by atoms with E-state index in [9.17, 15) is 10.1 Å². The quantitative estimate of drug-likeness (QED) is 0.458. The van der Waals surface area contributed by atoms with E-state index in [1.807, 2.05) is 31.2 Å². The van der Waals surface area contributed by atoms with Gasteiger partial charge in [0.2, 0.25) is 0 Å². The Hall–Kier alpha value is -2.56. The number of anilines is 2. The van der Waals surface area contributed by atoms with Gasteiger partial charge < -0.3 is 11.5 Å². The molecule has 0 unspecified atom stereocenters. The molecule has 2 aromatic carbocycles. The molecule has 0 saturated heterocycles. The molecule has 0 amide bonds. The standard InChI is InChI=1S/C7H9N.C6H6N2O2/c1-6-2-4-7(8)5-3-6;7-5-1-3-6(4-2-5)8(9)10/h2-5H,8H2,1H3;1-4H,7H2. The van der Waals surface area contributed by atoms with Gasteiger partial charge in [-0.3, -0.25) is 10.1 Å². The van der Waals surface area contributed by atoms with Crippen molar-refractivity contribution >= 4 is 17.1 Å². The number of nitrogens with zero attached hydrogens (tertiary/aromatic N) is 1. The third-order valence-corrected chi connectivity index (χ3v) is 2.18. The van der Waals surface area contributed by atoms with Gasteiger partial charge in [0.25, 0.3) is 5.69 Å². The summed E-state index contributed by atoms with van der Waals surface area (Å²) in [5, 5.41) is 10.1. The molecule has 0 spiro atoms. The molecule has 94 valence electrons. The number of nitro groups is 1. The molecule has 0 atom stereocenters. The molecule has 2 aromatic rings. The Balaban J connectivity index is 0.000000184. The van der Waals surface area contributed by atoms with Gasteiger partial charge in [-0.15, -0.1) is 0 Å². The van der Waals surface area contributed by atoms with Crippen molar-refractivity contribution in [1.29, 1.82) is 0 Å². The normalized spacial score (nSPS) is 9.17. The summed E-state index contributed by atoms with van der Waals surface area (Å²) >= 11 is 0. The molecule has 18 heavy (non-hydrogen) atoms. The maximum atomic E-state index is 10.1. The van der Waals surface area contributed by atoms with Crippen LogP contribution >= 0.6 is 0 Å². The molecule has 0 saturated carbocycles. The second kappa shape index (κ2) is 6.24. The number of aryl methyl sites for hydroxylation is 1. The highest BCUT2D eigenvalue weighted by Crippen LogP contribution is 2.12. The lowest BCUT2D eigenvalue weighted by Crippen LogP contribution is -1.88. The molecule has 0 aliphatic heterocycles. The lowest BCUT2D eigenvalue weighted by Gasteiger charge is -1.90. The summed E-state index contributed by atoms with van der Waals surface area (Å²) in [5.41, 5.74) is 13.4. The van der Waals surface area contributed by atoms with Crippen LogP contribution in [0.25, 0.3) is 0 Å². The van der Waals surface area contributed by atoms with Gasteiger partial charge in [0.15, 0.2) is 0 Å². The lowest BCUT2D eigenvalue weighted by atomic mass is 10.2.